The molecule has 2 aliphatic carbocycles. The van der Waals surface area contributed by atoms with Crippen LogP contribution in [0.15, 0.2) is 24.5 Å². The molecule has 4 N–H and O–H groups in total. The molecule has 7 nitrogen and oxygen atoms in total. The molecule has 2 saturated carbocycles. The fourth-order valence-electron chi connectivity index (χ4n) is 4.49. The highest BCUT2D eigenvalue weighted by Crippen LogP contribution is 2.38. The van der Waals surface area contributed by atoms with Crippen LogP contribution in [0.4, 0.5) is 8.78 Å². The van der Waals surface area contributed by atoms with E-state index in [0.717, 1.165) is 32.1 Å². The van der Waals surface area contributed by atoms with Crippen molar-refractivity contribution >= 4 is 16.9 Å². The zero-order chi connectivity index (χ0) is 23.1. The normalized spacial score (nSPS) is 20.5. The molecule has 3 aromatic rings. The first kappa shape index (κ1) is 21.8. The molecular weight excluding hydrogens is 428 g/mol. The number of halogens is 2. The zero-order valence-corrected chi connectivity index (χ0v) is 18.4. The minimum absolute atomic E-state index is 0.0308. The number of fused-ring (bicyclic) bond motifs is 1. The summed E-state index contributed by atoms with van der Waals surface area (Å²) < 4.78 is 32.9. The Labute approximate surface area is 190 Å². The fourth-order valence-corrected chi connectivity index (χ4v) is 4.49. The molecule has 174 valence electrons. The first-order chi connectivity index (χ1) is 15.9. The van der Waals surface area contributed by atoms with Crippen LogP contribution in [0.3, 0.4) is 0 Å². The second-order valence-electron chi connectivity index (χ2n) is 9.13. The Morgan fingerprint density at radius 3 is 2.79 bits per heavy atom. The number of nitrogens with zero attached hydrogens (tertiary/aromatic N) is 2. The van der Waals surface area contributed by atoms with Gasteiger partial charge < -0.3 is 20.8 Å². The summed E-state index contributed by atoms with van der Waals surface area (Å²) in [6.07, 6.45) is 3.43. The van der Waals surface area contributed by atoms with E-state index in [0.29, 0.717) is 51.8 Å². The molecule has 2 atom stereocenters. The van der Waals surface area contributed by atoms with Gasteiger partial charge in [-0.25, -0.2) is 18.7 Å². The van der Waals surface area contributed by atoms with Crippen LogP contribution in [0.1, 0.15) is 60.1 Å². The van der Waals surface area contributed by atoms with Crippen molar-refractivity contribution in [3.05, 3.63) is 41.3 Å². The number of rotatable bonds is 7. The lowest BCUT2D eigenvalue weighted by molar-refractivity contribution is 0.0938. The number of aromatic nitrogens is 3. The second kappa shape index (κ2) is 8.70. The number of nitrogens with two attached hydrogens (primary N) is 1. The number of H-pyrrole nitrogens is 1. The fraction of sp³-hybridized carbons (Fsp3) is 0.458. The second-order valence-corrected chi connectivity index (χ2v) is 9.13. The number of carbonyl (C=O) groups excluding carboxylic acids is 1. The quantitative estimate of drug-likeness (QED) is 0.493. The number of aromatic amines is 1. The molecule has 2 fully saturated rings. The molecule has 2 aliphatic rings. The third-order valence-electron chi connectivity index (χ3n) is 6.49. The third-order valence-corrected chi connectivity index (χ3v) is 6.49. The van der Waals surface area contributed by atoms with Gasteiger partial charge in [-0.15, -0.1) is 0 Å². The lowest BCUT2D eigenvalue weighted by atomic mass is 10.0. The van der Waals surface area contributed by atoms with Crippen LogP contribution in [-0.2, 0) is 0 Å². The lowest BCUT2D eigenvalue weighted by Crippen LogP contribution is -2.34. The Bertz CT molecular complexity index is 1190. The van der Waals surface area contributed by atoms with Gasteiger partial charge in [0.1, 0.15) is 23.3 Å². The summed E-state index contributed by atoms with van der Waals surface area (Å²) in [5.41, 5.74) is 8.78. The highest BCUT2D eigenvalue weighted by Gasteiger charge is 2.28. The third kappa shape index (κ3) is 4.42. The molecule has 0 radical (unpaired) electrons. The number of hydrogen-bond acceptors (Lipinski definition) is 5. The van der Waals surface area contributed by atoms with Crippen molar-refractivity contribution in [3.63, 3.8) is 0 Å². The van der Waals surface area contributed by atoms with E-state index in [1.807, 2.05) is 0 Å². The van der Waals surface area contributed by atoms with Gasteiger partial charge in [-0.2, -0.15) is 0 Å². The maximum Gasteiger partial charge on any atom is 0.263 e. The highest BCUT2D eigenvalue weighted by atomic mass is 19.3. The van der Waals surface area contributed by atoms with Gasteiger partial charge in [0, 0.05) is 28.9 Å². The van der Waals surface area contributed by atoms with Crippen molar-refractivity contribution in [1.82, 2.24) is 20.3 Å². The topological polar surface area (TPSA) is 106 Å². The average molecular weight is 456 g/mol. The van der Waals surface area contributed by atoms with Crippen LogP contribution in [0.25, 0.3) is 22.3 Å². The van der Waals surface area contributed by atoms with Gasteiger partial charge in [-0.1, -0.05) is 0 Å². The summed E-state index contributed by atoms with van der Waals surface area (Å²) in [7, 11) is 0. The molecule has 0 bridgehead atoms. The highest BCUT2D eigenvalue weighted by molar-refractivity contribution is 6.09. The summed E-state index contributed by atoms with van der Waals surface area (Å²) >= 11 is 0. The standard InChI is InChI=1S/C24H27F2N5O2/c1-12-19(24(32)31-16-6-5-15(27)9-16)21-22(30-12)20(28-11-29-21)17-8-14(23(25)26)4-7-18(17)33-10-13-2-3-13/h4,7-8,11,13,15-16,23,30H,2-3,5-6,9-10,27H2,1H3,(H,31,32)/t15-,16-/m0/s1. The molecule has 33 heavy (non-hydrogen) atoms. The van der Waals surface area contributed by atoms with Gasteiger partial charge in [0.15, 0.2) is 0 Å². The Morgan fingerprint density at radius 1 is 1.27 bits per heavy atom. The lowest BCUT2D eigenvalue weighted by Gasteiger charge is -2.13. The van der Waals surface area contributed by atoms with E-state index in [2.05, 4.69) is 20.3 Å². The van der Waals surface area contributed by atoms with Crippen molar-refractivity contribution in [3.8, 4) is 17.0 Å². The monoisotopic (exact) mass is 455 g/mol. The smallest absolute Gasteiger partial charge is 0.263 e. The molecule has 1 amide bonds. The molecule has 5 rings (SSSR count). The number of ether oxygens (including phenoxy) is 1. The van der Waals surface area contributed by atoms with Crippen LogP contribution >= 0.6 is 0 Å². The van der Waals surface area contributed by atoms with Crippen LogP contribution in [0.2, 0.25) is 0 Å². The van der Waals surface area contributed by atoms with Gasteiger partial charge in [-0.05, 0) is 63.1 Å². The van der Waals surface area contributed by atoms with Crippen molar-refractivity contribution in [2.75, 3.05) is 6.61 Å². The number of aryl methyl sites for hydroxylation is 1. The predicted molar refractivity (Wildman–Crippen MR) is 120 cm³/mol. The summed E-state index contributed by atoms with van der Waals surface area (Å²) in [6, 6.07) is 4.48. The summed E-state index contributed by atoms with van der Waals surface area (Å²) in [5, 5.41) is 3.06. The van der Waals surface area contributed by atoms with E-state index in [4.69, 9.17) is 10.5 Å². The number of hydrogen-bond donors (Lipinski definition) is 3. The zero-order valence-electron chi connectivity index (χ0n) is 18.4. The van der Waals surface area contributed by atoms with E-state index in [1.54, 1.807) is 13.0 Å². The summed E-state index contributed by atoms with van der Waals surface area (Å²) in [5.74, 6) is 0.767. The Hall–Kier alpha value is -3.07. The van der Waals surface area contributed by atoms with Crippen LogP contribution < -0.4 is 15.8 Å². The largest absolute Gasteiger partial charge is 0.493 e. The van der Waals surface area contributed by atoms with Gasteiger partial charge >= 0.3 is 0 Å². The molecular formula is C24H27F2N5O2. The van der Waals surface area contributed by atoms with E-state index in [-0.39, 0.29) is 23.6 Å². The first-order valence-corrected chi connectivity index (χ1v) is 11.4. The minimum Gasteiger partial charge on any atom is -0.493 e. The van der Waals surface area contributed by atoms with E-state index in [1.165, 1.54) is 18.5 Å². The van der Waals surface area contributed by atoms with Crippen molar-refractivity contribution in [1.29, 1.82) is 0 Å². The number of amides is 1. The maximum absolute atomic E-state index is 13.5. The number of alkyl halides is 2. The van der Waals surface area contributed by atoms with Crippen LogP contribution in [0, 0.1) is 12.8 Å². The van der Waals surface area contributed by atoms with Gasteiger partial charge in [-0.3, -0.25) is 4.79 Å². The predicted octanol–water partition coefficient (Wildman–Crippen LogP) is 4.27. The SMILES string of the molecule is Cc1[nH]c2c(-c3cc(C(F)F)ccc3OCC3CC3)ncnc2c1C(=O)N[C@H]1CC[C@H](N)C1. The molecule has 1 aromatic carbocycles. The maximum atomic E-state index is 13.5. The minimum atomic E-state index is -2.62. The summed E-state index contributed by atoms with van der Waals surface area (Å²) in [6.45, 7) is 2.33. The Kier molecular flexibility index (Phi) is 5.74. The first-order valence-electron chi connectivity index (χ1n) is 11.4. The van der Waals surface area contributed by atoms with Gasteiger partial charge in [0.25, 0.3) is 12.3 Å². The molecule has 0 saturated heterocycles. The van der Waals surface area contributed by atoms with Crippen LogP contribution in [0.5, 0.6) is 5.75 Å². The molecule has 0 aliphatic heterocycles. The van der Waals surface area contributed by atoms with Crippen molar-refractivity contribution in [2.24, 2.45) is 11.7 Å². The van der Waals surface area contributed by atoms with Gasteiger partial charge in [0.2, 0.25) is 0 Å². The number of benzene rings is 1. The number of carbonyl (C=O) groups is 1. The van der Waals surface area contributed by atoms with Crippen molar-refractivity contribution < 1.29 is 18.3 Å². The van der Waals surface area contributed by atoms with E-state index < -0.39 is 6.43 Å². The molecule has 0 spiro atoms. The molecule has 2 aromatic heterocycles. The molecule has 2 heterocycles. The average Bonchev–Trinajstić information content (AvgIpc) is 3.43. The Balaban J connectivity index is 1.54. The van der Waals surface area contributed by atoms with Crippen LogP contribution in [-0.4, -0.2) is 39.5 Å². The van der Waals surface area contributed by atoms with Crippen molar-refractivity contribution in [2.45, 2.75) is 57.5 Å². The Morgan fingerprint density at radius 2 is 2.09 bits per heavy atom. The van der Waals surface area contributed by atoms with E-state index in [9.17, 15) is 13.6 Å². The number of nitrogens with one attached hydrogen (secondary N) is 2. The van der Waals surface area contributed by atoms with Gasteiger partial charge in [0.05, 0.1) is 17.7 Å². The van der Waals surface area contributed by atoms with E-state index >= 15 is 0 Å². The molecule has 9 heteroatoms. The summed E-state index contributed by atoms with van der Waals surface area (Å²) in [4.78, 5) is 25.0. The molecule has 0 unspecified atom stereocenters.